The minimum atomic E-state index is -1.07. The molecule has 0 bridgehead atoms. The summed E-state index contributed by atoms with van der Waals surface area (Å²) in [5, 5.41) is 12.9. The summed E-state index contributed by atoms with van der Waals surface area (Å²) >= 11 is 0. The van der Waals surface area contributed by atoms with Crippen molar-refractivity contribution >= 4 is 12.3 Å². The van der Waals surface area contributed by atoms with Crippen molar-refractivity contribution in [2.45, 2.75) is 63.5 Å². The van der Waals surface area contributed by atoms with Crippen LogP contribution in [-0.2, 0) is 14.3 Å². The number of likely N-dealkylation sites (tertiary alicyclic amines) is 1. The van der Waals surface area contributed by atoms with Crippen LogP contribution in [0.4, 0.5) is 0 Å². The van der Waals surface area contributed by atoms with Gasteiger partial charge in [0.2, 0.25) is 6.04 Å². The second-order valence-electron chi connectivity index (χ2n) is 9.75. The molecule has 202 valence electrons. The average Bonchev–Trinajstić information content (AvgIpc) is 3.34. The van der Waals surface area contributed by atoms with Crippen LogP contribution in [0.15, 0.2) is 85.1 Å². The number of carbonyl (C=O) groups is 2. The Morgan fingerprint density at radius 1 is 1.13 bits per heavy atom. The molecule has 0 spiro atoms. The molecule has 7 heteroatoms. The van der Waals surface area contributed by atoms with E-state index in [-0.39, 0.29) is 11.5 Å². The molecule has 2 aromatic carbocycles. The van der Waals surface area contributed by atoms with E-state index in [2.05, 4.69) is 11.8 Å². The Morgan fingerprint density at radius 3 is 2.34 bits per heavy atom. The number of allylic oxidation sites excluding steroid dienone is 1. The molecule has 0 amide bonds. The summed E-state index contributed by atoms with van der Waals surface area (Å²) in [5.41, 5.74) is 1.59. The molecule has 38 heavy (non-hydrogen) atoms. The molecule has 7 nitrogen and oxygen atoms in total. The fourth-order valence-electron chi connectivity index (χ4n) is 5.33. The quantitative estimate of drug-likeness (QED) is 0.102. The monoisotopic (exact) mass is 518 g/mol. The molecular weight excluding hydrogens is 480 g/mol. The topological polar surface area (TPSA) is 89.8 Å². The molecule has 0 aromatic heterocycles. The van der Waals surface area contributed by atoms with Crippen molar-refractivity contribution in [2.75, 3.05) is 13.2 Å². The molecule has 1 heterocycles. The van der Waals surface area contributed by atoms with Gasteiger partial charge < -0.3 is 14.4 Å². The highest BCUT2D eigenvalue weighted by atomic mass is 16.6. The maximum Gasteiger partial charge on any atom is 0.330 e. The number of carbonyl (C=O) groups excluding carboxylic acids is 2. The van der Waals surface area contributed by atoms with Gasteiger partial charge in [-0.05, 0) is 56.9 Å². The number of hydrogen-bond donors (Lipinski definition) is 0. The van der Waals surface area contributed by atoms with Crippen molar-refractivity contribution in [3.05, 3.63) is 106 Å². The smallest absolute Gasteiger partial charge is 0.330 e. The lowest BCUT2D eigenvalue weighted by Crippen LogP contribution is -2.38. The average molecular weight is 519 g/mol. The van der Waals surface area contributed by atoms with Crippen LogP contribution in [0, 0.1) is 16.0 Å². The van der Waals surface area contributed by atoms with Crippen LogP contribution in [0.2, 0.25) is 0 Å². The van der Waals surface area contributed by atoms with Crippen LogP contribution in [0.1, 0.15) is 62.5 Å². The number of esters is 1. The fourth-order valence-corrected chi connectivity index (χ4v) is 5.33. The summed E-state index contributed by atoms with van der Waals surface area (Å²) in [7, 11) is 0. The predicted molar refractivity (Wildman–Crippen MR) is 148 cm³/mol. The largest absolute Gasteiger partial charge is 0.463 e. The van der Waals surface area contributed by atoms with Crippen molar-refractivity contribution in [1.29, 1.82) is 0 Å². The van der Waals surface area contributed by atoms with Gasteiger partial charge in [0.15, 0.2) is 0 Å². The third kappa shape index (κ3) is 7.88. The maximum atomic E-state index is 12.9. The van der Waals surface area contributed by atoms with Gasteiger partial charge in [0, 0.05) is 29.5 Å². The Kier molecular flexibility index (Phi) is 11.3. The number of hydrogen-bond acceptors (Lipinski definition) is 6. The zero-order valence-corrected chi connectivity index (χ0v) is 22.2. The first kappa shape index (κ1) is 28.8. The first-order valence-electron chi connectivity index (χ1n) is 13.4. The van der Waals surface area contributed by atoms with E-state index in [1.54, 1.807) is 13.0 Å². The van der Waals surface area contributed by atoms with Gasteiger partial charge >= 0.3 is 5.97 Å². The summed E-state index contributed by atoms with van der Waals surface area (Å²) in [6, 6.07) is 18.1. The lowest BCUT2D eigenvalue weighted by molar-refractivity contribution is -0.530. The van der Waals surface area contributed by atoms with E-state index in [9.17, 15) is 19.7 Å². The summed E-state index contributed by atoms with van der Waals surface area (Å²) in [6.07, 6.45) is 10.8. The molecule has 0 radical (unpaired) electrons. The predicted octanol–water partition coefficient (Wildman–Crippen LogP) is 5.91. The van der Waals surface area contributed by atoms with E-state index < -0.39 is 29.8 Å². The lowest BCUT2D eigenvalue weighted by atomic mass is 9.73. The van der Waals surface area contributed by atoms with Gasteiger partial charge in [-0.25, -0.2) is 4.79 Å². The molecule has 1 saturated heterocycles. The normalized spacial score (nSPS) is 18.8. The number of aldehydes is 1. The molecular formula is C31H38N2O5. The zero-order chi connectivity index (χ0) is 27.3. The van der Waals surface area contributed by atoms with Crippen LogP contribution in [0.5, 0.6) is 0 Å². The Morgan fingerprint density at radius 2 is 1.79 bits per heavy atom. The Bertz CT molecular complexity index is 1090. The molecule has 0 aliphatic carbocycles. The lowest BCUT2D eigenvalue weighted by Gasteiger charge is -2.31. The second-order valence-corrected chi connectivity index (χ2v) is 9.75. The van der Waals surface area contributed by atoms with E-state index >= 15 is 0 Å². The summed E-state index contributed by atoms with van der Waals surface area (Å²) < 4.78 is 4.92. The molecule has 1 aliphatic heterocycles. The summed E-state index contributed by atoms with van der Waals surface area (Å²) in [6.45, 7) is 5.11. The molecule has 3 rings (SSSR count). The van der Waals surface area contributed by atoms with E-state index in [1.165, 1.54) is 6.08 Å². The summed E-state index contributed by atoms with van der Waals surface area (Å²) in [4.78, 5) is 39.0. The third-order valence-electron chi connectivity index (χ3n) is 7.28. The van der Waals surface area contributed by atoms with Gasteiger partial charge in [0.1, 0.15) is 6.29 Å². The Hall–Kier alpha value is -3.74. The van der Waals surface area contributed by atoms with Crippen LogP contribution in [0.3, 0.4) is 0 Å². The molecule has 0 saturated carbocycles. The van der Waals surface area contributed by atoms with E-state index in [0.717, 1.165) is 36.8 Å². The number of ether oxygens (including phenoxy) is 1. The number of rotatable bonds is 14. The standard InChI is InChI=1S/C31H38N2O5/c1-3-38-29(35)19-11-10-18-27(23-34)30(26-16-8-5-9-17-26)31(33(36)37)28(25-14-6-4-7-15-25)20-22-32-21-12-13-24(32)2/h4-9,11,14-17,19-20,22-24,27-28,30-31H,3,10,12-13,18,21H2,1-2H3/b19-11+,22-20+/t24-,27-,28?,30-,31?/m1/s1. The van der Waals surface area contributed by atoms with Crippen LogP contribution in [-0.4, -0.2) is 47.3 Å². The van der Waals surface area contributed by atoms with Gasteiger partial charge in [-0.15, -0.1) is 0 Å². The van der Waals surface area contributed by atoms with E-state index in [4.69, 9.17) is 4.74 Å². The van der Waals surface area contributed by atoms with Gasteiger partial charge in [-0.3, -0.25) is 10.1 Å². The molecule has 0 N–H and O–H groups in total. The third-order valence-corrected chi connectivity index (χ3v) is 7.28. The second kappa shape index (κ2) is 14.9. The Balaban J connectivity index is 2.01. The SMILES string of the molecule is CCOC(=O)/C=C/CC[C@H](C=O)[C@@H](c1ccccc1)C(C(/C=C/N1CCC[C@H]1C)c1ccccc1)[N+](=O)[O-]. The van der Waals surface area contributed by atoms with Crippen LogP contribution in [0.25, 0.3) is 0 Å². The van der Waals surface area contributed by atoms with Gasteiger partial charge in [0.25, 0.3) is 0 Å². The number of nitrogens with zero attached hydrogens (tertiary/aromatic N) is 2. The number of nitro groups is 1. The fraction of sp³-hybridized carbons (Fsp3) is 0.419. The Labute approximate surface area is 225 Å². The van der Waals surface area contributed by atoms with Gasteiger partial charge in [-0.1, -0.05) is 72.8 Å². The van der Waals surface area contributed by atoms with Crippen molar-refractivity contribution in [2.24, 2.45) is 5.92 Å². The summed E-state index contributed by atoms with van der Waals surface area (Å²) in [5.74, 6) is -2.26. The van der Waals surface area contributed by atoms with Crippen LogP contribution < -0.4 is 0 Å². The molecule has 2 aromatic rings. The molecule has 1 fully saturated rings. The minimum absolute atomic E-state index is 0.224. The highest BCUT2D eigenvalue weighted by Gasteiger charge is 2.43. The number of benzene rings is 2. The van der Waals surface area contributed by atoms with Crippen molar-refractivity contribution in [3.63, 3.8) is 0 Å². The molecule has 2 unspecified atom stereocenters. The van der Waals surface area contributed by atoms with Crippen molar-refractivity contribution in [1.82, 2.24) is 4.90 Å². The first-order valence-corrected chi connectivity index (χ1v) is 13.4. The van der Waals surface area contributed by atoms with Crippen LogP contribution >= 0.6 is 0 Å². The maximum absolute atomic E-state index is 12.9. The highest BCUT2D eigenvalue weighted by molar-refractivity contribution is 5.81. The van der Waals surface area contributed by atoms with Crippen molar-refractivity contribution in [3.8, 4) is 0 Å². The highest BCUT2D eigenvalue weighted by Crippen LogP contribution is 2.39. The molecule has 5 atom stereocenters. The first-order chi connectivity index (χ1) is 18.5. The minimum Gasteiger partial charge on any atom is -0.463 e. The van der Waals surface area contributed by atoms with Crippen molar-refractivity contribution < 1.29 is 19.2 Å². The molecule has 1 aliphatic rings. The van der Waals surface area contributed by atoms with Gasteiger partial charge in [0.05, 0.1) is 18.4 Å². The van der Waals surface area contributed by atoms with E-state index in [1.807, 2.05) is 72.9 Å². The van der Waals surface area contributed by atoms with Gasteiger partial charge in [-0.2, -0.15) is 0 Å². The zero-order valence-electron chi connectivity index (χ0n) is 22.2. The van der Waals surface area contributed by atoms with E-state index in [0.29, 0.717) is 18.9 Å².